The minimum Gasteiger partial charge on any atom is -0.507 e. The number of nitrogens with one attached hydrogen (secondary N) is 1. The molecule has 0 radical (unpaired) electrons. The molecule has 0 saturated carbocycles. The number of aryl methyl sites for hydroxylation is 1. The molecule has 1 rings (SSSR count). The van der Waals surface area contributed by atoms with Crippen molar-refractivity contribution in [1.29, 1.82) is 0 Å². The second-order valence-corrected chi connectivity index (χ2v) is 4.84. The summed E-state index contributed by atoms with van der Waals surface area (Å²) in [5.74, 6) is -0.0292. The van der Waals surface area contributed by atoms with E-state index >= 15 is 0 Å². The first kappa shape index (κ1) is 14.1. The largest absolute Gasteiger partial charge is 0.507 e. The van der Waals surface area contributed by atoms with E-state index in [0.29, 0.717) is 0 Å². The zero-order valence-electron chi connectivity index (χ0n) is 9.76. The minimum atomic E-state index is -0.684. The third-order valence-corrected chi connectivity index (χ3v) is 3.58. The van der Waals surface area contributed by atoms with E-state index in [-0.39, 0.29) is 29.0 Å². The molecular formula is C12H15Cl2NO2. The van der Waals surface area contributed by atoms with Gasteiger partial charge in [-0.25, -0.2) is 0 Å². The highest BCUT2D eigenvalue weighted by atomic mass is 35.5. The zero-order valence-corrected chi connectivity index (χ0v) is 11.3. The highest BCUT2D eigenvalue weighted by molar-refractivity contribution is 6.22. The average molecular weight is 276 g/mol. The van der Waals surface area contributed by atoms with Crippen LogP contribution in [0.15, 0.2) is 18.2 Å². The molecule has 3 nitrogen and oxygen atoms in total. The lowest BCUT2D eigenvalue weighted by atomic mass is 10.1. The van der Waals surface area contributed by atoms with E-state index < -0.39 is 5.54 Å². The van der Waals surface area contributed by atoms with Gasteiger partial charge >= 0.3 is 0 Å². The van der Waals surface area contributed by atoms with Crippen LogP contribution in [0.2, 0.25) is 0 Å². The van der Waals surface area contributed by atoms with Gasteiger partial charge in [0.25, 0.3) is 5.91 Å². The number of alkyl halides is 2. The Balaban J connectivity index is 2.94. The Morgan fingerprint density at radius 3 is 2.53 bits per heavy atom. The molecule has 0 atom stereocenters. The van der Waals surface area contributed by atoms with Crippen molar-refractivity contribution in [2.24, 2.45) is 0 Å². The lowest BCUT2D eigenvalue weighted by Gasteiger charge is -2.26. The summed E-state index contributed by atoms with van der Waals surface area (Å²) in [6.07, 6.45) is 0. The predicted molar refractivity (Wildman–Crippen MR) is 70.2 cm³/mol. The highest BCUT2D eigenvalue weighted by Gasteiger charge is 2.25. The van der Waals surface area contributed by atoms with Crippen molar-refractivity contribution in [1.82, 2.24) is 5.32 Å². The third-order valence-electron chi connectivity index (χ3n) is 2.40. The Bertz CT molecular complexity index is 417. The van der Waals surface area contributed by atoms with Crippen LogP contribution in [0.1, 0.15) is 22.8 Å². The minimum absolute atomic E-state index is 0.0559. The van der Waals surface area contributed by atoms with Crippen LogP contribution >= 0.6 is 23.2 Å². The number of halogens is 2. The average Bonchev–Trinajstić information content (AvgIpc) is 2.32. The van der Waals surface area contributed by atoms with Crippen LogP contribution in [-0.2, 0) is 0 Å². The van der Waals surface area contributed by atoms with Crippen LogP contribution in [0.4, 0.5) is 0 Å². The van der Waals surface area contributed by atoms with Gasteiger partial charge < -0.3 is 10.4 Å². The van der Waals surface area contributed by atoms with E-state index in [4.69, 9.17) is 23.2 Å². The molecule has 0 bridgehead atoms. The van der Waals surface area contributed by atoms with Gasteiger partial charge in [0.05, 0.1) is 11.1 Å². The number of carbonyl (C=O) groups excluding carboxylic acids is 1. The summed E-state index contributed by atoms with van der Waals surface area (Å²) in [6.45, 7) is 3.59. The van der Waals surface area contributed by atoms with E-state index in [9.17, 15) is 9.90 Å². The monoisotopic (exact) mass is 275 g/mol. The molecule has 2 N–H and O–H groups in total. The number of hydrogen-bond donors (Lipinski definition) is 2. The van der Waals surface area contributed by atoms with E-state index in [0.717, 1.165) is 5.56 Å². The lowest BCUT2D eigenvalue weighted by Crippen LogP contribution is -2.49. The molecule has 1 amide bonds. The number of aromatic hydroxyl groups is 1. The third kappa shape index (κ3) is 3.51. The van der Waals surface area contributed by atoms with Gasteiger partial charge in [-0.15, -0.1) is 23.2 Å². The van der Waals surface area contributed by atoms with Crippen molar-refractivity contribution in [3.8, 4) is 5.75 Å². The Morgan fingerprint density at radius 2 is 2.00 bits per heavy atom. The molecule has 0 spiro atoms. The molecule has 5 heteroatoms. The van der Waals surface area contributed by atoms with Crippen LogP contribution in [0.25, 0.3) is 0 Å². The summed E-state index contributed by atoms with van der Waals surface area (Å²) < 4.78 is 0. The summed E-state index contributed by atoms with van der Waals surface area (Å²) in [4.78, 5) is 12.0. The SMILES string of the molecule is Cc1ccc(O)c(C(=O)NC(C)(CCl)CCl)c1. The second-order valence-electron chi connectivity index (χ2n) is 4.30. The van der Waals surface area contributed by atoms with Crippen molar-refractivity contribution in [3.05, 3.63) is 29.3 Å². The molecule has 0 saturated heterocycles. The summed E-state index contributed by atoms with van der Waals surface area (Å²) in [5.41, 5.74) is 0.439. The number of benzene rings is 1. The molecule has 1 aromatic carbocycles. The molecule has 0 aromatic heterocycles. The fourth-order valence-electron chi connectivity index (χ4n) is 1.28. The predicted octanol–water partition coefficient (Wildman–Crippen LogP) is 2.67. The van der Waals surface area contributed by atoms with Gasteiger partial charge in [0.15, 0.2) is 0 Å². The Kier molecular flexibility index (Phi) is 4.66. The Morgan fingerprint density at radius 1 is 1.41 bits per heavy atom. The van der Waals surface area contributed by atoms with Gasteiger partial charge in [0.2, 0.25) is 0 Å². The summed E-state index contributed by atoms with van der Waals surface area (Å²) in [6, 6.07) is 4.84. The van der Waals surface area contributed by atoms with Crippen LogP contribution in [0, 0.1) is 6.92 Å². The fourth-order valence-corrected chi connectivity index (χ4v) is 1.70. The number of amides is 1. The maximum absolute atomic E-state index is 12.0. The number of hydrogen-bond acceptors (Lipinski definition) is 2. The molecule has 1 aromatic rings. The number of carbonyl (C=O) groups is 1. The van der Waals surface area contributed by atoms with E-state index in [1.807, 2.05) is 6.92 Å². The molecule has 0 unspecified atom stereocenters. The van der Waals surface area contributed by atoms with Crippen molar-refractivity contribution in [3.63, 3.8) is 0 Å². The molecule has 0 fully saturated rings. The van der Waals surface area contributed by atoms with E-state index in [2.05, 4.69) is 5.32 Å². The van der Waals surface area contributed by atoms with Gasteiger partial charge in [0, 0.05) is 11.8 Å². The maximum atomic E-state index is 12.0. The second kappa shape index (κ2) is 5.61. The summed E-state index contributed by atoms with van der Waals surface area (Å²) in [5, 5.41) is 12.3. The zero-order chi connectivity index (χ0) is 13.1. The van der Waals surface area contributed by atoms with Crippen LogP contribution < -0.4 is 5.32 Å². The van der Waals surface area contributed by atoms with Gasteiger partial charge in [-0.05, 0) is 26.0 Å². The molecule has 94 valence electrons. The maximum Gasteiger partial charge on any atom is 0.255 e. The lowest BCUT2D eigenvalue weighted by molar-refractivity contribution is 0.0918. The Hall–Kier alpha value is -0.930. The fraction of sp³-hybridized carbons (Fsp3) is 0.417. The van der Waals surface area contributed by atoms with Crippen LogP contribution in [-0.4, -0.2) is 28.3 Å². The standard InChI is InChI=1S/C12H15Cl2NO2/c1-8-3-4-10(16)9(5-8)11(17)15-12(2,6-13)7-14/h3-5,16H,6-7H2,1-2H3,(H,15,17). The van der Waals surface area contributed by atoms with E-state index in [1.54, 1.807) is 19.1 Å². The van der Waals surface area contributed by atoms with Crippen molar-refractivity contribution in [2.45, 2.75) is 19.4 Å². The molecule has 0 aliphatic carbocycles. The van der Waals surface area contributed by atoms with Crippen molar-refractivity contribution in [2.75, 3.05) is 11.8 Å². The number of rotatable bonds is 4. The van der Waals surface area contributed by atoms with Crippen LogP contribution in [0.3, 0.4) is 0 Å². The number of phenolic OH excluding ortho intramolecular Hbond substituents is 1. The molecule has 0 aliphatic heterocycles. The van der Waals surface area contributed by atoms with Gasteiger partial charge in [-0.1, -0.05) is 11.6 Å². The smallest absolute Gasteiger partial charge is 0.255 e. The van der Waals surface area contributed by atoms with Crippen LogP contribution in [0.5, 0.6) is 5.75 Å². The number of phenols is 1. The Labute approximate surface area is 111 Å². The quantitative estimate of drug-likeness (QED) is 0.831. The highest BCUT2D eigenvalue weighted by Crippen LogP contribution is 2.19. The van der Waals surface area contributed by atoms with Gasteiger partial charge in [-0.2, -0.15) is 0 Å². The summed E-state index contributed by atoms with van der Waals surface area (Å²) >= 11 is 11.5. The molecule has 0 heterocycles. The van der Waals surface area contributed by atoms with Crippen molar-refractivity contribution >= 4 is 29.1 Å². The van der Waals surface area contributed by atoms with E-state index in [1.165, 1.54) is 6.07 Å². The van der Waals surface area contributed by atoms with Crippen molar-refractivity contribution < 1.29 is 9.90 Å². The summed E-state index contributed by atoms with van der Waals surface area (Å²) in [7, 11) is 0. The first-order valence-electron chi connectivity index (χ1n) is 5.16. The molecule has 17 heavy (non-hydrogen) atoms. The first-order valence-corrected chi connectivity index (χ1v) is 6.23. The van der Waals surface area contributed by atoms with Gasteiger partial charge in [-0.3, -0.25) is 4.79 Å². The van der Waals surface area contributed by atoms with Gasteiger partial charge in [0.1, 0.15) is 5.75 Å². The first-order chi connectivity index (χ1) is 7.91. The topological polar surface area (TPSA) is 49.3 Å². The molecule has 0 aliphatic rings. The molecular weight excluding hydrogens is 261 g/mol. The normalized spacial score (nSPS) is 11.3.